The van der Waals surface area contributed by atoms with Gasteiger partial charge in [-0.3, -0.25) is 14.2 Å². The van der Waals surface area contributed by atoms with E-state index in [4.69, 9.17) is 32.9 Å². The first-order valence-corrected chi connectivity index (χ1v) is 28.3. The van der Waals surface area contributed by atoms with Gasteiger partial charge in [-0.2, -0.15) is 0 Å². The molecule has 0 bridgehead atoms. The minimum absolute atomic E-state index is 0.0266. The van der Waals surface area contributed by atoms with Gasteiger partial charge in [0.15, 0.2) is 25.7 Å². The van der Waals surface area contributed by atoms with Gasteiger partial charge in [0, 0.05) is 51.1 Å². The second-order valence-corrected chi connectivity index (χ2v) is 22.6. The number of esters is 1. The molecule has 5 unspecified atom stereocenters. The molecule has 11 heteroatoms. The lowest BCUT2D eigenvalue weighted by atomic mass is 9.79. The third-order valence-corrected chi connectivity index (χ3v) is 16.5. The molecule has 3 heterocycles. The van der Waals surface area contributed by atoms with Gasteiger partial charge in [-0.25, -0.2) is 0 Å². The van der Waals surface area contributed by atoms with E-state index >= 15 is 0 Å². The fraction of sp³-hybridized carbons (Fsp3) is 0.679. The zero-order valence-electron chi connectivity index (χ0n) is 41.9. The topological polar surface area (TPSA) is 116 Å². The Morgan fingerprint density at radius 1 is 0.731 bits per heavy atom. The summed E-state index contributed by atoms with van der Waals surface area (Å²) in [6.07, 6.45) is 26.9. The van der Waals surface area contributed by atoms with Crippen molar-refractivity contribution in [2.24, 2.45) is 11.8 Å². The number of carbonyl (C=O) groups excluding carboxylic acids is 2. The number of ether oxygens (including phenoxy) is 6. The minimum atomic E-state index is -2.39. The monoisotopic (exact) mass is 947 g/mol. The number of ketones is 1. The summed E-state index contributed by atoms with van der Waals surface area (Å²) in [5, 5.41) is 0. The number of allylic oxidation sites excluding steroid dienone is 3. The lowest BCUT2D eigenvalue weighted by molar-refractivity contribution is -0.190. The number of Topliss-reactive ketones (excluding diaryl/α,β-unsaturated/α-hetero) is 1. The SMILES string of the molecule is CCCCC[C@@H](CCC1=C2Cc3cccc(C)c3CC2CC1=O)OC1CCCCO1.CCCCC[C@@H](CCCP(C)(=O)OC)OC1CCCCO1.COc1cccc2c1CC1CC(=O)OC1=C2. The van der Waals surface area contributed by atoms with E-state index in [0.29, 0.717) is 30.7 Å². The second kappa shape index (κ2) is 27.3. The molecule has 8 rings (SSSR count). The average Bonchev–Trinajstić information content (AvgIpc) is 3.86. The maximum Gasteiger partial charge on any atom is 0.311 e. The highest BCUT2D eigenvalue weighted by atomic mass is 31.2. The zero-order chi connectivity index (χ0) is 47.6. The van der Waals surface area contributed by atoms with Crippen molar-refractivity contribution in [2.75, 3.05) is 40.3 Å². The molecule has 0 spiro atoms. The van der Waals surface area contributed by atoms with Crippen molar-refractivity contribution in [1.29, 1.82) is 0 Å². The Balaban J connectivity index is 0.000000175. The quantitative estimate of drug-likeness (QED) is 0.0680. The van der Waals surface area contributed by atoms with Crippen LogP contribution in [0, 0.1) is 18.8 Å². The van der Waals surface area contributed by atoms with Crippen LogP contribution in [0.4, 0.5) is 0 Å². The third-order valence-electron chi connectivity index (χ3n) is 14.6. The second-order valence-electron chi connectivity index (χ2n) is 19.8. The number of rotatable bonds is 21. The molecule has 7 atom stereocenters. The van der Waals surface area contributed by atoms with E-state index in [-0.39, 0.29) is 36.7 Å². The summed E-state index contributed by atoms with van der Waals surface area (Å²) in [5.74, 6) is 2.61. The normalized spacial score (nSPS) is 23.7. The lowest BCUT2D eigenvalue weighted by Crippen LogP contribution is -2.28. The molecular weight excluding hydrogens is 864 g/mol. The van der Waals surface area contributed by atoms with E-state index in [1.165, 1.54) is 86.3 Å². The van der Waals surface area contributed by atoms with Crippen LogP contribution in [0.15, 0.2) is 53.3 Å². The Hall–Kier alpha value is -3.11. The summed E-state index contributed by atoms with van der Waals surface area (Å²) >= 11 is 0. The van der Waals surface area contributed by atoms with Crippen LogP contribution in [-0.2, 0) is 61.6 Å². The summed E-state index contributed by atoms with van der Waals surface area (Å²) in [5.41, 5.74) is 9.12. The van der Waals surface area contributed by atoms with E-state index < -0.39 is 7.37 Å². The number of hydrogen-bond acceptors (Lipinski definition) is 10. The molecule has 10 nitrogen and oxygen atoms in total. The number of hydrogen-bond donors (Lipinski definition) is 0. The van der Waals surface area contributed by atoms with Crippen LogP contribution in [-0.4, -0.2) is 76.8 Å². The summed E-state index contributed by atoms with van der Waals surface area (Å²) in [4.78, 5) is 24.1. The van der Waals surface area contributed by atoms with Crippen molar-refractivity contribution in [3.8, 4) is 5.75 Å². The van der Waals surface area contributed by atoms with Gasteiger partial charge in [0.25, 0.3) is 0 Å². The first kappa shape index (κ1) is 53.2. The predicted molar refractivity (Wildman–Crippen MR) is 267 cm³/mol. The Labute approximate surface area is 403 Å². The standard InChI is InChI=1S/C27H38O3.C16H33O4P.C13H12O3/c1-3-4-5-11-22(30-27-12-6-7-15-29-27)13-14-23-25-16-20-10-8-9-19(2)24(20)17-21(25)18-26(23)28;1-4-5-6-10-15(11-9-14-21(3,17)18-2)20-16-12-7-8-13-19-16;1-15-11-4-2-3-8-6-12-9(5-10(8)11)7-13(14)16-12/h8-10,21-22,27H,3-7,11-18H2,1-2H3;15-16H,4-14H2,1-3H3;2-4,6,9H,5,7H2,1H3/t21?,22-,27?;15-,16?,21?;/m00./s1. The molecule has 6 aliphatic rings. The van der Waals surface area contributed by atoms with Crippen molar-refractivity contribution >= 4 is 25.2 Å². The first-order chi connectivity index (χ1) is 32.5. The van der Waals surface area contributed by atoms with Crippen LogP contribution in [0.5, 0.6) is 5.75 Å². The van der Waals surface area contributed by atoms with Crippen molar-refractivity contribution in [1.82, 2.24) is 0 Å². The Bertz CT molecular complexity index is 1990. The molecule has 3 aliphatic carbocycles. The van der Waals surface area contributed by atoms with Gasteiger partial charge in [0.2, 0.25) is 0 Å². The Morgan fingerprint density at radius 3 is 2.00 bits per heavy atom. The maximum absolute atomic E-state index is 12.9. The smallest absolute Gasteiger partial charge is 0.311 e. The zero-order valence-corrected chi connectivity index (χ0v) is 42.8. The van der Waals surface area contributed by atoms with Gasteiger partial charge >= 0.3 is 5.97 Å². The number of aryl methyl sites for hydroxylation is 1. The predicted octanol–water partition coefficient (Wildman–Crippen LogP) is 13.2. The van der Waals surface area contributed by atoms with Gasteiger partial charge in [-0.05, 0) is 149 Å². The molecular formula is C56H83O10P. The van der Waals surface area contributed by atoms with E-state index in [1.807, 2.05) is 24.3 Å². The Kier molecular flexibility index (Phi) is 21.7. The van der Waals surface area contributed by atoms with Crippen molar-refractivity contribution in [3.05, 3.63) is 81.1 Å². The van der Waals surface area contributed by atoms with Crippen LogP contribution in [0.2, 0.25) is 0 Å². The van der Waals surface area contributed by atoms with Crippen LogP contribution in [0.1, 0.15) is 170 Å². The van der Waals surface area contributed by atoms with Gasteiger partial charge in [0.05, 0.1) is 25.7 Å². The summed E-state index contributed by atoms with van der Waals surface area (Å²) in [6, 6.07) is 12.5. The molecule has 0 amide bonds. The van der Waals surface area contributed by atoms with Gasteiger partial charge in [-0.1, -0.05) is 88.3 Å². The number of fused-ring (bicyclic) bond motifs is 4. The first-order valence-electron chi connectivity index (χ1n) is 26.1. The van der Waals surface area contributed by atoms with Crippen LogP contribution >= 0.6 is 7.37 Å². The van der Waals surface area contributed by atoms with E-state index in [1.54, 1.807) is 13.8 Å². The fourth-order valence-electron chi connectivity index (χ4n) is 10.6. The van der Waals surface area contributed by atoms with E-state index in [0.717, 1.165) is 119 Å². The molecule has 0 N–H and O–H groups in total. The minimum Gasteiger partial charge on any atom is -0.496 e. The molecule has 2 aromatic rings. The molecule has 2 aromatic carbocycles. The third kappa shape index (κ3) is 16.2. The van der Waals surface area contributed by atoms with Gasteiger partial charge in [-0.15, -0.1) is 0 Å². The fourth-order valence-corrected chi connectivity index (χ4v) is 11.5. The highest BCUT2D eigenvalue weighted by molar-refractivity contribution is 7.58. The van der Waals surface area contributed by atoms with Crippen molar-refractivity contribution in [2.45, 2.75) is 193 Å². The summed E-state index contributed by atoms with van der Waals surface area (Å²) < 4.78 is 51.5. The molecule has 3 saturated heterocycles. The molecule has 67 heavy (non-hydrogen) atoms. The molecule has 372 valence electrons. The van der Waals surface area contributed by atoms with Crippen LogP contribution < -0.4 is 4.74 Å². The number of benzene rings is 2. The molecule has 3 fully saturated rings. The Morgan fingerprint density at radius 2 is 1.37 bits per heavy atom. The van der Waals surface area contributed by atoms with Crippen LogP contribution in [0.3, 0.4) is 0 Å². The summed E-state index contributed by atoms with van der Waals surface area (Å²) in [7, 11) is 0.815. The highest BCUT2D eigenvalue weighted by Gasteiger charge is 2.37. The van der Waals surface area contributed by atoms with E-state index in [2.05, 4.69) is 39.0 Å². The maximum atomic E-state index is 12.9. The molecule has 0 radical (unpaired) electrons. The molecule has 3 aliphatic heterocycles. The number of carbonyl (C=O) groups is 2. The molecule has 0 saturated carbocycles. The van der Waals surface area contributed by atoms with Gasteiger partial charge in [0.1, 0.15) is 11.5 Å². The average molecular weight is 947 g/mol. The van der Waals surface area contributed by atoms with Gasteiger partial charge < -0.3 is 32.9 Å². The van der Waals surface area contributed by atoms with E-state index in [9.17, 15) is 14.2 Å². The van der Waals surface area contributed by atoms with Crippen LogP contribution in [0.25, 0.3) is 6.08 Å². The highest BCUT2D eigenvalue weighted by Crippen LogP contribution is 2.44. The van der Waals surface area contributed by atoms with Crippen molar-refractivity contribution in [3.63, 3.8) is 0 Å². The van der Waals surface area contributed by atoms with Crippen molar-refractivity contribution < 1.29 is 47.1 Å². The molecule has 0 aromatic heterocycles. The lowest BCUT2D eigenvalue weighted by Gasteiger charge is -2.28. The number of methoxy groups -OCH3 is 1. The summed E-state index contributed by atoms with van der Waals surface area (Å²) in [6.45, 7) is 10.0. The largest absolute Gasteiger partial charge is 0.496 e. The number of unbranched alkanes of at least 4 members (excludes halogenated alkanes) is 4.